The third kappa shape index (κ3) is 3.31. The largest absolute Gasteiger partial charge is 0.465 e. The van der Waals surface area contributed by atoms with Crippen LogP contribution in [-0.2, 0) is 4.74 Å². The molecule has 1 N–H and O–H groups in total. The summed E-state index contributed by atoms with van der Waals surface area (Å²) in [5.74, 6) is -0.988. The number of aromatic nitrogens is 1. The predicted molar refractivity (Wildman–Crippen MR) is 94.7 cm³/mol. The van der Waals surface area contributed by atoms with Crippen LogP contribution < -0.4 is 5.32 Å². The maximum Gasteiger partial charge on any atom is 0.345 e. The molecule has 0 aliphatic heterocycles. The number of carbonyl (C=O) groups excluding carboxylic acids is 2. The molecule has 1 amide bonds. The topological polar surface area (TPSA) is 94.6 Å². The molecule has 0 unspecified atom stereocenters. The Balaban J connectivity index is 2.06. The molecule has 0 fully saturated rings. The van der Waals surface area contributed by atoms with Gasteiger partial charge < -0.3 is 13.7 Å². The highest BCUT2D eigenvalue weighted by Gasteiger charge is 2.29. The number of aryl methyl sites for hydroxylation is 1. The Morgan fingerprint density at radius 1 is 1.15 bits per heavy atom. The van der Waals surface area contributed by atoms with Gasteiger partial charge in [-0.15, -0.1) is 0 Å². The quantitative estimate of drug-likeness (QED) is 0.650. The molecule has 9 heteroatoms. The van der Waals surface area contributed by atoms with Gasteiger partial charge in [-0.3, -0.25) is 10.1 Å². The van der Waals surface area contributed by atoms with Crippen LogP contribution in [-0.4, -0.2) is 24.1 Å². The van der Waals surface area contributed by atoms with Crippen LogP contribution in [0.25, 0.3) is 11.3 Å². The number of methoxy groups -OCH3 is 1. The van der Waals surface area contributed by atoms with E-state index >= 15 is 0 Å². The zero-order valence-corrected chi connectivity index (χ0v) is 15.1. The van der Waals surface area contributed by atoms with Gasteiger partial charge in [0.05, 0.1) is 17.2 Å². The fraction of sp³-hybridized carbons (Fsp3) is 0.118. The van der Waals surface area contributed by atoms with E-state index in [4.69, 9.17) is 36.9 Å². The van der Waals surface area contributed by atoms with Crippen molar-refractivity contribution in [2.75, 3.05) is 12.4 Å². The molecular formula is C17H12Cl2N2O5. The first-order valence-electron chi connectivity index (χ1n) is 7.32. The van der Waals surface area contributed by atoms with Gasteiger partial charge in [0.15, 0.2) is 11.3 Å². The van der Waals surface area contributed by atoms with Crippen LogP contribution in [0.4, 0.5) is 5.88 Å². The van der Waals surface area contributed by atoms with Gasteiger partial charge in [0, 0.05) is 5.56 Å². The Bertz CT molecular complexity index is 973. The number of ether oxygens (including phenoxy) is 1. The highest BCUT2D eigenvalue weighted by molar-refractivity contribution is 6.39. The van der Waals surface area contributed by atoms with Gasteiger partial charge in [-0.1, -0.05) is 34.4 Å². The molecule has 0 spiro atoms. The smallest absolute Gasteiger partial charge is 0.345 e. The first-order chi connectivity index (χ1) is 12.4. The van der Waals surface area contributed by atoms with Crippen molar-refractivity contribution in [3.63, 3.8) is 0 Å². The molecule has 0 aliphatic carbocycles. The first kappa shape index (κ1) is 18.0. The van der Waals surface area contributed by atoms with E-state index < -0.39 is 11.9 Å². The minimum absolute atomic E-state index is 0.0482. The van der Waals surface area contributed by atoms with E-state index in [0.717, 1.165) is 0 Å². The van der Waals surface area contributed by atoms with Crippen LogP contribution in [0.1, 0.15) is 26.7 Å². The zero-order valence-electron chi connectivity index (χ0n) is 13.6. The summed E-state index contributed by atoms with van der Waals surface area (Å²) in [7, 11) is 1.19. The average molecular weight is 395 g/mol. The molecular weight excluding hydrogens is 383 g/mol. The lowest BCUT2D eigenvalue weighted by Crippen LogP contribution is -2.14. The number of rotatable bonds is 4. The fourth-order valence-electron chi connectivity index (χ4n) is 2.28. The van der Waals surface area contributed by atoms with Crippen LogP contribution in [0, 0.1) is 6.92 Å². The molecule has 0 saturated carbocycles. The van der Waals surface area contributed by atoms with Crippen LogP contribution in [0.15, 0.2) is 39.3 Å². The van der Waals surface area contributed by atoms with Crippen molar-refractivity contribution < 1.29 is 23.3 Å². The molecule has 0 atom stereocenters. The molecule has 0 radical (unpaired) electrons. The molecule has 134 valence electrons. The second-order valence-corrected chi connectivity index (χ2v) is 6.00. The number of esters is 1. The third-order valence-corrected chi connectivity index (χ3v) is 4.10. The monoisotopic (exact) mass is 394 g/mol. The van der Waals surface area contributed by atoms with E-state index in [1.165, 1.54) is 13.2 Å². The Morgan fingerprint density at radius 2 is 1.85 bits per heavy atom. The van der Waals surface area contributed by atoms with Crippen molar-refractivity contribution in [2.45, 2.75) is 6.92 Å². The molecule has 3 rings (SSSR count). The van der Waals surface area contributed by atoms with Crippen molar-refractivity contribution in [3.8, 4) is 11.3 Å². The Hall–Kier alpha value is -2.77. The van der Waals surface area contributed by atoms with Gasteiger partial charge in [-0.2, -0.15) is 0 Å². The summed E-state index contributed by atoms with van der Waals surface area (Å²) in [5.41, 5.74) is 0.229. The molecule has 2 aromatic heterocycles. The van der Waals surface area contributed by atoms with Gasteiger partial charge in [-0.25, -0.2) is 4.79 Å². The van der Waals surface area contributed by atoms with E-state index in [0.29, 0.717) is 5.76 Å². The number of carbonyl (C=O) groups is 2. The fourth-order valence-corrected chi connectivity index (χ4v) is 2.86. The van der Waals surface area contributed by atoms with Crippen molar-refractivity contribution >= 4 is 41.0 Å². The number of nitrogens with one attached hydrogen (secondary N) is 1. The first-order valence-corrected chi connectivity index (χ1v) is 8.08. The summed E-state index contributed by atoms with van der Waals surface area (Å²) < 4.78 is 15.2. The Kier molecular flexibility index (Phi) is 5.01. The normalized spacial score (nSPS) is 10.6. The summed E-state index contributed by atoms with van der Waals surface area (Å²) in [4.78, 5) is 24.5. The van der Waals surface area contributed by atoms with Gasteiger partial charge in [0.1, 0.15) is 11.5 Å². The van der Waals surface area contributed by atoms with Gasteiger partial charge in [0.25, 0.3) is 5.91 Å². The zero-order chi connectivity index (χ0) is 18.8. The van der Waals surface area contributed by atoms with E-state index in [-0.39, 0.29) is 38.5 Å². The number of halogens is 2. The van der Waals surface area contributed by atoms with Crippen molar-refractivity contribution in [3.05, 3.63) is 57.5 Å². The van der Waals surface area contributed by atoms with E-state index in [1.807, 2.05) is 0 Å². The number of hydrogen-bond acceptors (Lipinski definition) is 6. The SMILES string of the molecule is COC(=O)c1c(-c2c(Cl)cccc2Cl)noc1NC(=O)c1ccc(C)o1. The second kappa shape index (κ2) is 7.23. The summed E-state index contributed by atoms with van der Waals surface area (Å²) in [6.07, 6.45) is 0. The lowest BCUT2D eigenvalue weighted by molar-refractivity contribution is 0.0602. The van der Waals surface area contributed by atoms with E-state index in [2.05, 4.69) is 10.5 Å². The number of amides is 1. The molecule has 2 heterocycles. The van der Waals surface area contributed by atoms with Crippen molar-refractivity contribution in [1.29, 1.82) is 0 Å². The van der Waals surface area contributed by atoms with Gasteiger partial charge in [-0.05, 0) is 31.2 Å². The number of hydrogen-bond donors (Lipinski definition) is 1. The second-order valence-electron chi connectivity index (χ2n) is 5.19. The predicted octanol–water partition coefficient (Wildman–Crippen LogP) is 4.59. The number of nitrogens with zero attached hydrogens (tertiary/aromatic N) is 1. The molecule has 0 bridgehead atoms. The lowest BCUT2D eigenvalue weighted by atomic mass is 10.1. The maximum atomic E-state index is 12.3. The summed E-state index contributed by atoms with van der Waals surface area (Å²) >= 11 is 12.4. The van der Waals surface area contributed by atoms with Crippen LogP contribution in [0.2, 0.25) is 10.0 Å². The van der Waals surface area contributed by atoms with E-state index in [1.54, 1.807) is 31.2 Å². The summed E-state index contributed by atoms with van der Waals surface area (Å²) in [6.45, 7) is 1.70. The Labute approximate surface area is 157 Å². The number of anilines is 1. The number of benzene rings is 1. The maximum absolute atomic E-state index is 12.3. The highest BCUT2D eigenvalue weighted by Crippen LogP contribution is 2.38. The van der Waals surface area contributed by atoms with Crippen molar-refractivity contribution in [1.82, 2.24) is 5.16 Å². The standard InChI is InChI=1S/C17H12Cl2N2O5/c1-8-6-7-11(25-8)15(22)20-16-13(17(23)24-2)14(21-26-16)12-9(18)4-3-5-10(12)19/h3-7H,1-2H3,(H,20,22). The average Bonchev–Trinajstić information content (AvgIpc) is 3.21. The van der Waals surface area contributed by atoms with Crippen LogP contribution in [0.3, 0.4) is 0 Å². The molecule has 0 aliphatic rings. The minimum Gasteiger partial charge on any atom is -0.465 e. The number of furan rings is 1. The minimum atomic E-state index is -0.775. The molecule has 0 saturated heterocycles. The van der Waals surface area contributed by atoms with E-state index in [9.17, 15) is 9.59 Å². The summed E-state index contributed by atoms with van der Waals surface area (Å²) in [6, 6.07) is 7.94. The van der Waals surface area contributed by atoms with Crippen LogP contribution in [0.5, 0.6) is 0 Å². The van der Waals surface area contributed by atoms with Gasteiger partial charge in [0.2, 0.25) is 5.88 Å². The van der Waals surface area contributed by atoms with Crippen molar-refractivity contribution in [2.24, 2.45) is 0 Å². The summed E-state index contributed by atoms with van der Waals surface area (Å²) in [5, 5.41) is 6.79. The molecule has 1 aromatic carbocycles. The van der Waals surface area contributed by atoms with Crippen LogP contribution >= 0.6 is 23.2 Å². The Morgan fingerprint density at radius 3 is 2.42 bits per heavy atom. The molecule has 7 nitrogen and oxygen atoms in total. The van der Waals surface area contributed by atoms with Gasteiger partial charge >= 0.3 is 5.97 Å². The molecule has 3 aromatic rings. The molecule has 26 heavy (non-hydrogen) atoms. The highest BCUT2D eigenvalue weighted by atomic mass is 35.5. The lowest BCUT2D eigenvalue weighted by Gasteiger charge is -2.06. The third-order valence-electron chi connectivity index (χ3n) is 3.47.